The first kappa shape index (κ1) is 42.4. The highest BCUT2D eigenvalue weighted by molar-refractivity contribution is 5.96. The third-order valence-corrected chi connectivity index (χ3v) is 15.6. The Hall–Kier alpha value is -8.00. The zero-order valence-electron chi connectivity index (χ0n) is 40.1. The van der Waals surface area contributed by atoms with Crippen LogP contribution in [0.3, 0.4) is 0 Å². The number of anilines is 3. The quantitative estimate of drug-likeness (QED) is 0.131. The molecule has 1 heteroatoms. The SMILES string of the molecule is C=C(/C=C\C=C/C)C1(c2ccccc2)c2ccccc2-c2c(-c3ccc(N(c4ccc5c(c4)C(C)(C)c4ccccc4-5)c4ccc5c(c4)C(C)(C)c4cc(-c6ccccc6)ccc4-5)cc3)cccc21. The molecule has 12 rings (SSSR count). The molecule has 0 fully saturated rings. The maximum atomic E-state index is 4.82. The van der Waals surface area contributed by atoms with Crippen LogP contribution in [0.25, 0.3) is 55.6 Å². The highest BCUT2D eigenvalue weighted by atomic mass is 15.1. The van der Waals surface area contributed by atoms with Gasteiger partial charge in [-0.25, -0.2) is 0 Å². The molecule has 0 radical (unpaired) electrons. The van der Waals surface area contributed by atoms with Crippen molar-refractivity contribution in [1.82, 2.24) is 0 Å². The van der Waals surface area contributed by atoms with Gasteiger partial charge in [0.25, 0.3) is 0 Å². The van der Waals surface area contributed by atoms with Gasteiger partial charge in [-0.2, -0.15) is 0 Å². The highest BCUT2D eigenvalue weighted by Crippen LogP contribution is 2.59. The first-order valence-electron chi connectivity index (χ1n) is 24.4. The van der Waals surface area contributed by atoms with Gasteiger partial charge >= 0.3 is 0 Å². The molecule has 3 aliphatic rings. The summed E-state index contributed by atoms with van der Waals surface area (Å²) in [7, 11) is 0. The minimum absolute atomic E-state index is 0.137. The number of rotatable bonds is 9. The zero-order valence-corrected chi connectivity index (χ0v) is 40.1. The molecule has 69 heavy (non-hydrogen) atoms. The first-order chi connectivity index (χ1) is 33.6. The fourth-order valence-electron chi connectivity index (χ4n) is 12.3. The van der Waals surface area contributed by atoms with Crippen molar-refractivity contribution >= 4 is 17.1 Å². The summed E-state index contributed by atoms with van der Waals surface area (Å²) >= 11 is 0. The van der Waals surface area contributed by atoms with Crippen molar-refractivity contribution in [3.63, 3.8) is 0 Å². The third-order valence-electron chi connectivity index (χ3n) is 15.6. The maximum absolute atomic E-state index is 4.82. The Bertz CT molecular complexity index is 3570. The van der Waals surface area contributed by atoms with Crippen LogP contribution in [0.5, 0.6) is 0 Å². The van der Waals surface area contributed by atoms with Crippen LogP contribution in [0.1, 0.15) is 73.6 Å². The van der Waals surface area contributed by atoms with Crippen LogP contribution < -0.4 is 4.90 Å². The second-order valence-electron chi connectivity index (χ2n) is 20.1. The van der Waals surface area contributed by atoms with Gasteiger partial charge in [0.15, 0.2) is 0 Å². The summed E-state index contributed by atoms with van der Waals surface area (Å²) in [6.45, 7) is 16.4. The van der Waals surface area contributed by atoms with E-state index in [0.29, 0.717) is 0 Å². The average molecular weight is 886 g/mol. The van der Waals surface area contributed by atoms with E-state index in [4.69, 9.17) is 6.58 Å². The monoisotopic (exact) mass is 885 g/mol. The summed E-state index contributed by atoms with van der Waals surface area (Å²) in [5.74, 6) is 0. The minimum Gasteiger partial charge on any atom is -0.310 e. The molecular formula is C68H55N. The fourth-order valence-corrected chi connectivity index (χ4v) is 12.3. The molecule has 0 bridgehead atoms. The lowest BCUT2D eigenvalue weighted by Gasteiger charge is -2.34. The smallest absolute Gasteiger partial charge is 0.0708 e. The van der Waals surface area contributed by atoms with Gasteiger partial charge in [0.1, 0.15) is 0 Å². The molecule has 9 aromatic carbocycles. The molecular weight excluding hydrogens is 831 g/mol. The molecule has 3 aliphatic carbocycles. The van der Waals surface area contributed by atoms with Crippen molar-refractivity contribution in [1.29, 1.82) is 0 Å². The molecule has 0 amide bonds. The van der Waals surface area contributed by atoms with E-state index in [1.165, 1.54) is 94.6 Å². The van der Waals surface area contributed by atoms with Crippen LogP contribution in [-0.4, -0.2) is 0 Å². The highest BCUT2D eigenvalue weighted by Gasteiger charge is 2.47. The lowest BCUT2D eigenvalue weighted by molar-refractivity contribution is 0.660. The molecule has 0 saturated heterocycles. The molecule has 9 aromatic rings. The number of allylic oxidation sites excluding steroid dienone is 5. The van der Waals surface area contributed by atoms with E-state index in [1.54, 1.807) is 0 Å². The first-order valence-corrected chi connectivity index (χ1v) is 24.4. The molecule has 332 valence electrons. The molecule has 0 spiro atoms. The van der Waals surface area contributed by atoms with Crippen LogP contribution in [0.2, 0.25) is 0 Å². The molecule has 1 nitrogen and oxygen atoms in total. The second kappa shape index (κ2) is 16.1. The van der Waals surface area contributed by atoms with Crippen LogP contribution in [0, 0.1) is 0 Å². The Morgan fingerprint density at radius 2 is 0.884 bits per heavy atom. The number of hydrogen-bond acceptors (Lipinski definition) is 1. The molecule has 0 aliphatic heterocycles. The van der Waals surface area contributed by atoms with Crippen LogP contribution in [-0.2, 0) is 16.2 Å². The largest absolute Gasteiger partial charge is 0.310 e. The average Bonchev–Trinajstić information content (AvgIpc) is 3.91. The van der Waals surface area contributed by atoms with Gasteiger partial charge in [0.05, 0.1) is 5.41 Å². The van der Waals surface area contributed by atoms with Gasteiger partial charge in [0, 0.05) is 27.9 Å². The Labute approximate surface area is 408 Å². The normalized spacial score (nSPS) is 16.4. The van der Waals surface area contributed by atoms with Crippen molar-refractivity contribution in [2.24, 2.45) is 0 Å². The molecule has 0 aromatic heterocycles. The fraction of sp³-hybridized carbons (Fsp3) is 0.118. The van der Waals surface area contributed by atoms with Gasteiger partial charge < -0.3 is 4.90 Å². The van der Waals surface area contributed by atoms with Gasteiger partial charge in [0.2, 0.25) is 0 Å². The summed E-state index contributed by atoms with van der Waals surface area (Å²) < 4.78 is 0. The zero-order chi connectivity index (χ0) is 47.1. The van der Waals surface area contributed by atoms with Crippen LogP contribution >= 0.6 is 0 Å². The van der Waals surface area contributed by atoms with Crippen LogP contribution in [0.4, 0.5) is 17.1 Å². The minimum atomic E-state index is -0.552. The predicted octanol–water partition coefficient (Wildman–Crippen LogP) is 18.1. The Kier molecular flexibility index (Phi) is 9.87. The lowest BCUT2D eigenvalue weighted by Crippen LogP contribution is -2.28. The van der Waals surface area contributed by atoms with E-state index >= 15 is 0 Å². The van der Waals surface area contributed by atoms with Gasteiger partial charge in [-0.15, -0.1) is 0 Å². The molecule has 0 saturated carbocycles. The van der Waals surface area contributed by atoms with Crippen molar-refractivity contribution in [3.8, 4) is 55.6 Å². The van der Waals surface area contributed by atoms with Crippen molar-refractivity contribution in [2.75, 3.05) is 4.90 Å². The van der Waals surface area contributed by atoms with Crippen molar-refractivity contribution < 1.29 is 0 Å². The topological polar surface area (TPSA) is 3.24 Å². The Morgan fingerprint density at radius 1 is 0.391 bits per heavy atom. The van der Waals surface area contributed by atoms with Crippen molar-refractivity contribution in [3.05, 3.63) is 282 Å². The van der Waals surface area contributed by atoms with E-state index < -0.39 is 5.41 Å². The number of fused-ring (bicyclic) bond motifs is 9. The molecule has 1 unspecified atom stereocenters. The van der Waals surface area contributed by atoms with Crippen molar-refractivity contribution in [2.45, 2.75) is 50.9 Å². The van der Waals surface area contributed by atoms with E-state index in [0.717, 1.165) is 22.6 Å². The predicted molar refractivity (Wildman–Crippen MR) is 292 cm³/mol. The molecule has 0 heterocycles. The van der Waals surface area contributed by atoms with Gasteiger partial charge in [-0.3, -0.25) is 0 Å². The van der Waals surface area contributed by atoms with E-state index in [1.807, 2.05) is 0 Å². The summed E-state index contributed by atoms with van der Waals surface area (Å²) in [6.07, 6.45) is 8.45. The maximum Gasteiger partial charge on any atom is 0.0708 e. The van der Waals surface area contributed by atoms with Crippen LogP contribution in [0.15, 0.2) is 243 Å². The standard InChI is InChI=1S/C68H55N/c1-7-8-11-21-45(2)68(49-24-14-10-15-25-49)60-30-19-17-27-58(60)65-53(28-20-31-61(65)68)47-32-35-50(36-33-47)69(51-37-40-56-54-26-16-18-29-59(54)66(3,4)63(56)43-51)52-38-41-57-55-39-34-48(46-22-12-9-13-23-46)42-62(55)67(5,6)64(57)44-52/h7-44H,2H2,1,3-6H3/b8-7-,21-11-. The molecule has 0 N–H and O–H groups in total. The number of nitrogens with zero attached hydrogens (tertiary/aromatic N) is 1. The lowest BCUT2D eigenvalue weighted by atomic mass is 9.67. The molecule has 1 atom stereocenters. The Morgan fingerprint density at radius 3 is 1.55 bits per heavy atom. The van der Waals surface area contributed by atoms with Gasteiger partial charge in [-0.05, 0) is 150 Å². The van der Waals surface area contributed by atoms with E-state index in [-0.39, 0.29) is 10.8 Å². The summed E-state index contributed by atoms with van der Waals surface area (Å²) in [4.78, 5) is 2.48. The van der Waals surface area contributed by atoms with E-state index in [9.17, 15) is 0 Å². The Balaban J connectivity index is 1.00. The van der Waals surface area contributed by atoms with E-state index in [2.05, 4.69) is 270 Å². The summed E-state index contributed by atoms with van der Waals surface area (Å²) in [5.41, 5.74) is 25.4. The van der Waals surface area contributed by atoms with Gasteiger partial charge in [-0.1, -0.05) is 222 Å². The second-order valence-corrected chi connectivity index (χ2v) is 20.1. The third kappa shape index (κ3) is 6.37. The number of hydrogen-bond donors (Lipinski definition) is 0. The number of benzene rings is 9. The summed E-state index contributed by atoms with van der Waals surface area (Å²) in [5, 5.41) is 0. The summed E-state index contributed by atoms with van der Waals surface area (Å²) in [6, 6.07) is 77.0.